The average Bonchev–Trinajstić information content (AvgIpc) is 2.87. The van der Waals surface area contributed by atoms with Crippen LogP contribution in [0.2, 0.25) is 0 Å². The van der Waals surface area contributed by atoms with Crippen molar-refractivity contribution in [3.63, 3.8) is 0 Å². The summed E-state index contributed by atoms with van der Waals surface area (Å²) < 4.78 is 16.6. The van der Waals surface area contributed by atoms with Crippen molar-refractivity contribution in [2.75, 3.05) is 33.2 Å². The fraction of sp³-hybridized carbons (Fsp3) is 0.269. The van der Waals surface area contributed by atoms with E-state index in [0.29, 0.717) is 40.7 Å². The van der Waals surface area contributed by atoms with E-state index in [9.17, 15) is 9.59 Å². The maximum Gasteiger partial charge on any atom is 0.254 e. The maximum absolute atomic E-state index is 13.9. The van der Waals surface area contributed by atoms with Gasteiger partial charge in [-0.15, -0.1) is 0 Å². The van der Waals surface area contributed by atoms with Gasteiger partial charge in [-0.1, -0.05) is 18.2 Å². The Bertz CT molecular complexity index is 1200. The average molecular weight is 462 g/mol. The number of benzene rings is 2. The highest BCUT2D eigenvalue weighted by Crippen LogP contribution is 2.46. The van der Waals surface area contributed by atoms with Gasteiger partial charge in [0, 0.05) is 25.0 Å². The number of nitrogens with zero attached hydrogens (tertiary/aromatic N) is 2. The van der Waals surface area contributed by atoms with Crippen molar-refractivity contribution in [3.8, 4) is 17.2 Å². The van der Waals surface area contributed by atoms with Crippen LogP contribution < -0.4 is 19.5 Å². The van der Waals surface area contributed by atoms with Crippen LogP contribution in [0.25, 0.3) is 0 Å². The van der Waals surface area contributed by atoms with Crippen molar-refractivity contribution in [2.24, 2.45) is 0 Å². The first kappa shape index (κ1) is 23.1. The molecule has 2 amide bonds. The van der Waals surface area contributed by atoms with E-state index >= 15 is 0 Å². The molecule has 2 heterocycles. The number of amides is 2. The summed E-state index contributed by atoms with van der Waals surface area (Å²) >= 11 is 0. The van der Waals surface area contributed by atoms with Crippen molar-refractivity contribution in [2.45, 2.75) is 18.9 Å². The van der Waals surface area contributed by atoms with Crippen LogP contribution in [0.3, 0.4) is 0 Å². The lowest BCUT2D eigenvalue weighted by Crippen LogP contribution is -2.44. The minimum Gasteiger partial charge on any atom is -0.493 e. The fourth-order valence-corrected chi connectivity index (χ4v) is 4.36. The lowest BCUT2D eigenvalue weighted by Gasteiger charge is -2.40. The number of carbonyl (C=O) groups excluding carboxylic acids is 2. The molecule has 1 aromatic heterocycles. The van der Waals surface area contributed by atoms with Gasteiger partial charge in [0.2, 0.25) is 5.91 Å². The van der Waals surface area contributed by atoms with Gasteiger partial charge < -0.3 is 24.4 Å². The molecule has 1 aliphatic heterocycles. The fourth-order valence-electron chi connectivity index (χ4n) is 4.36. The van der Waals surface area contributed by atoms with Crippen molar-refractivity contribution in [3.05, 3.63) is 77.6 Å². The number of methoxy groups -OCH3 is 2. The second-order valence-corrected chi connectivity index (χ2v) is 7.84. The Labute approximate surface area is 198 Å². The van der Waals surface area contributed by atoms with E-state index in [0.717, 1.165) is 5.56 Å². The Hall–Kier alpha value is -4.07. The number of carbonyl (C=O) groups is 2. The zero-order valence-electron chi connectivity index (χ0n) is 19.6. The van der Waals surface area contributed by atoms with Crippen molar-refractivity contribution < 1.29 is 23.8 Å². The predicted molar refractivity (Wildman–Crippen MR) is 128 cm³/mol. The highest BCUT2D eigenvalue weighted by Gasteiger charge is 2.43. The Kier molecular flexibility index (Phi) is 6.67. The van der Waals surface area contributed by atoms with Gasteiger partial charge in [-0.3, -0.25) is 14.6 Å². The molecule has 0 radical (unpaired) electrons. The number of anilines is 1. The van der Waals surface area contributed by atoms with E-state index in [-0.39, 0.29) is 11.8 Å². The highest BCUT2D eigenvalue weighted by atomic mass is 16.5. The molecule has 34 heavy (non-hydrogen) atoms. The largest absolute Gasteiger partial charge is 0.493 e. The first-order valence-corrected chi connectivity index (χ1v) is 11.0. The molecule has 1 N–H and O–H groups in total. The minimum atomic E-state index is -0.739. The molecule has 0 spiro atoms. The van der Waals surface area contributed by atoms with Crippen molar-refractivity contribution in [1.29, 1.82) is 0 Å². The van der Waals surface area contributed by atoms with Gasteiger partial charge in [0.1, 0.15) is 5.75 Å². The second kappa shape index (κ2) is 9.82. The molecule has 176 valence electrons. The smallest absolute Gasteiger partial charge is 0.254 e. The van der Waals surface area contributed by atoms with Crippen LogP contribution in [0.4, 0.5) is 5.69 Å². The molecular formula is C26H27N3O5. The number of para-hydroxylation sites is 2. The summed E-state index contributed by atoms with van der Waals surface area (Å²) in [5, 5.41) is 3.01. The molecule has 4 rings (SSSR count). The summed E-state index contributed by atoms with van der Waals surface area (Å²) in [6, 6.07) is 13.7. The summed E-state index contributed by atoms with van der Waals surface area (Å²) in [6.45, 7) is 2.35. The number of likely N-dealkylation sites (N-methyl/N-ethyl adjacent to an activating group) is 1. The number of pyridine rings is 1. The molecule has 0 fully saturated rings. The number of rotatable bonds is 7. The molecule has 3 aromatic rings. The van der Waals surface area contributed by atoms with Gasteiger partial charge >= 0.3 is 0 Å². The zero-order chi connectivity index (χ0) is 24.2. The van der Waals surface area contributed by atoms with Gasteiger partial charge in [-0.05, 0) is 48.4 Å². The molecule has 2 atom stereocenters. The Morgan fingerprint density at radius 1 is 1.06 bits per heavy atom. The van der Waals surface area contributed by atoms with E-state index in [1.165, 1.54) is 14.2 Å². The Morgan fingerprint density at radius 2 is 1.79 bits per heavy atom. The van der Waals surface area contributed by atoms with E-state index in [2.05, 4.69) is 10.3 Å². The minimum absolute atomic E-state index is 0.219. The van der Waals surface area contributed by atoms with E-state index in [1.807, 2.05) is 25.1 Å². The Morgan fingerprint density at radius 3 is 2.47 bits per heavy atom. The maximum atomic E-state index is 13.9. The molecule has 8 heteroatoms. The standard InChI is InChI=1S/C26H27N3O5/c1-5-34-20-11-7-6-10-19(20)28-25(30)23-17-13-21(32-3)22(33-4)14-18(17)26(31)29(2)24(23)16-9-8-12-27-15-16/h6-15,23-24H,5H2,1-4H3,(H,28,30)/t23-,24-/m1/s1. The SMILES string of the molecule is CCOc1ccccc1NC(=O)[C@@H]1c2cc(OC)c(OC)cc2C(=O)N(C)[C@@H]1c1cccnc1. The third-order valence-corrected chi connectivity index (χ3v) is 5.93. The summed E-state index contributed by atoms with van der Waals surface area (Å²) in [5.41, 5.74) is 2.25. The summed E-state index contributed by atoms with van der Waals surface area (Å²) in [5.74, 6) is 0.192. The molecule has 2 aromatic carbocycles. The van der Waals surface area contributed by atoms with Crippen LogP contribution >= 0.6 is 0 Å². The van der Waals surface area contributed by atoms with Gasteiger partial charge in [0.25, 0.3) is 5.91 Å². The van der Waals surface area contributed by atoms with Gasteiger partial charge in [-0.2, -0.15) is 0 Å². The normalized spacial score (nSPS) is 17.1. The van der Waals surface area contributed by atoms with Crippen LogP contribution in [-0.4, -0.2) is 49.6 Å². The highest BCUT2D eigenvalue weighted by molar-refractivity contribution is 6.05. The third kappa shape index (κ3) is 4.14. The summed E-state index contributed by atoms with van der Waals surface area (Å²) in [6.07, 6.45) is 3.33. The van der Waals surface area contributed by atoms with Crippen LogP contribution in [0.1, 0.15) is 40.4 Å². The molecule has 1 aliphatic rings. The molecule has 0 saturated carbocycles. The number of hydrogen-bond donors (Lipinski definition) is 1. The molecule has 0 unspecified atom stereocenters. The first-order chi connectivity index (χ1) is 16.5. The monoisotopic (exact) mass is 461 g/mol. The zero-order valence-corrected chi connectivity index (χ0v) is 19.6. The molecule has 0 saturated heterocycles. The van der Waals surface area contributed by atoms with Crippen LogP contribution in [-0.2, 0) is 4.79 Å². The molecule has 8 nitrogen and oxygen atoms in total. The number of ether oxygens (including phenoxy) is 3. The van der Waals surface area contributed by atoms with E-state index in [1.54, 1.807) is 54.7 Å². The van der Waals surface area contributed by atoms with Gasteiger partial charge in [-0.25, -0.2) is 0 Å². The Balaban J connectivity index is 1.86. The summed E-state index contributed by atoms with van der Waals surface area (Å²) in [7, 11) is 4.72. The van der Waals surface area contributed by atoms with Crippen molar-refractivity contribution in [1.82, 2.24) is 9.88 Å². The predicted octanol–water partition coefficient (Wildman–Crippen LogP) is 4.05. The molecule has 0 aliphatic carbocycles. The number of nitrogens with one attached hydrogen (secondary N) is 1. The summed E-state index contributed by atoms with van der Waals surface area (Å²) in [4.78, 5) is 33.1. The lowest BCUT2D eigenvalue weighted by molar-refractivity contribution is -0.119. The van der Waals surface area contributed by atoms with E-state index in [4.69, 9.17) is 14.2 Å². The van der Waals surface area contributed by atoms with Crippen LogP contribution in [0.5, 0.6) is 17.2 Å². The van der Waals surface area contributed by atoms with Crippen LogP contribution in [0, 0.1) is 0 Å². The lowest BCUT2D eigenvalue weighted by atomic mass is 9.79. The first-order valence-electron chi connectivity index (χ1n) is 11.0. The number of aromatic nitrogens is 1. The van der Waals surface area contributed by atoms with Gasteiger partial charge in [0.15, 0.2) is 11.5 Å². The van der Waals surface area contributed by atoms with E-state index < -0.39 is 12.0 Å². The van der Waals surface area contributed by atoms with Gasteiger partial charge in [0.05, 0.1) is 38.5 Å². The molecule has 0 bridgehead atoms. The molecular weight excluding hydrogens is 434 g/mol. The quantitative estimate of drug-likeness (QED) is 0.571. The van der Waals surface area contributed by atoms with Crippen molar-refractivity contribution >= 4 is 17.5 Å². The van der Waals surface area contributed by atoms with Crippen LogP contribution in [0.15, 0.2) is 60.9 Å². The number of fused-ring (bicyclic) bond motifs is 1. The topological polar surface area (TPSA) is 90.0 Å². The second-order valence-electron chi connectivity index (χ2n) is 7.84. The third-order valence-electron chi connectivity index (χ3n) is 5.93. The number of hydrogen-bond acceptors (Lipinski definition) is 6.